The molecule has 1 aromatic heterocycles. The van der Waals surface area contributed by atoms with E-state index in [1.54, 1.807) is 35.0 Å². The lowest BCUT2D eigenvalue weighted by atomic mass is 10.2. The molecule has 0 aliphatic heterocycles. The summed E-state index contributed by atoms with van der Waals surface area (Å²) in [5, 5.41) is 7.21. The first-order valence-corrected chi connectivity index (χ1v) is 8.87. The molecule has 7 nitrogen and oxygen atoms in total. The van der Waals surface area contributed by atoms with Gasteiger partial charge in [0.15, 0.2) is 6.61 Å². The van der Waals surface area contributed by atoms with Crippen LogP contribution in [-0.4, -0.2) is 28.2 Å². The Morgan fingerprint density at radius 2 is 1.93 bits per heavy atom. The highest BCUT2D eigenvalue weighted by Crippen LogP contribution is 2.20. The van der Waals surface area contributed by atoms with Gasteiger partial charge in [-0.1, -0.05) is 22.0 Å². The lowest BCUT2D eigenvalue weighted by molar-refractivity contribution is -0.118. The maximum Gasteiger partial charge on any atom is 0.263 e. The molecule has 1 heterocycles. The average Bonchev–Trinajstić information content (AvgIpc) is 3.00. The maximum atomic E-state index is 12.3. The van der Waals surface area contributed by atoms with E-state index in [1.165, 1.54) is 0 Å². The average molecular weight is 429 g/mol. The van der Waals surface area contributed by atoms with Crippen LogP contribution >= 0.6 is 15.9 Å². The zero-order valence-corrected chi connectivity index (χ0v) is 16.1. The second-order valence-electron chi connectivity index (χ2n) is 5.79. The number of primary amides is 1. The van der Waals surface area contributed by atoms with E-state index in [4.69, 9.17) is 10.5 Å². The lowest BCUT2D eigenvalue weighted by Crippen LogP contribution is -2.22. The van der Waals surface area contributed by atoms with Crippen LogP contribution in [0, 0.1) is 6.92 Å². The molecule has 0 atom stereocenters. The minimum absolute atomic E-state index is 0.182. The molecule has 27 heavy (non-hydrogen) atoms. The first-order valence-electron chi connectivity index (χ1n) is 8.07. The van der Waals surface area contributed by atoms with Crippen LogP contribution in [0.25, 0.3) is 5.69 Å². The number of ether oxygens (including phenoxy) is 1. The third kappa shape index (κ3) is 4.73. The fraction of sp³-hybridized carbons (Fsp3) is 0.105. The van der Waals surface area contributed by atoms with Crippen LogP contribution in [0.3, 0.4) is 0 Å². The van der Waals surface area contributed by atoms with Crippen LogP contribution in [0.5, 0.6) is 5.75 Å². The molecule has 2 amide bonds. The van der Waals surface area contributed by atoms with Crippen LogP contribution in [0.4, 0.5) is 5.82 Å². The Balaban J connectivity index is 1.67. The molecular weight excluding hydrogens is 412 g/mol. The van der Waals surface area contributed by atoms with Crippen molar-refractivity contribution < 1.29 is 14.3 Å². The molecule has 0 fully saturated rings. The number of halogens is 1. The fourth-order valence-electron chi connectivity index (χ4n) is 2.44. The Morgan fingerprint density at radius 3 is 2.59 bits per heavy atom. The van der Waals surface area contributed by atoms with E-state index in [0.29, 0.717) is 17.1 Å². The number of hydrogen-bond acceptors (Lipinski definition) is 4. The molecule has 0 radical (unpaired) electrons. The summed E-state index contributed by atoms with van der Waals surface area (Å²) in [6.45, 7) is 1.67. The largest absolute Gasteiger partial charge is 0.484 e. The van der Waals surface area contributed by atoms with Gasteiger partial charge in [-0.15, -0.1) is 0 Å². The molecule has 2 aromatic carbocycles. The summed E-state index contributed by atoms with van der Waals surface area (Å²) in [6, 6.07) is 15.6. The van der Waals surface area contributed by atoms with Crippen molar-refractivity contribution in [3.8, 4) is 11.4 Å². The van der Waals surface area contributed by atoms with Crippen molar-refractivity contribution in [2.24, 2.45) is 5.73 Å². The van der Waals surface area contributed by atoms with Gasteiger partial charge in [0.05, 0.1) is 11.4 Å². The van der Waals surface area contributed by atoms with Gasteiger partial charge in [-0.25, -0.2) is 4.68 Å². The zero-order valence-electron chi connectivity index (χ0n) is 14.5. The number of carbonyl (C=O) groups excluding carboxylic acids is 2. The minimum atomic E-state index is -0.518. The Kier molecular flexibility index (Phi) is 5.56. The Bertz CT molecular complexity index is 983. The number of benzene rings is 2. The number of carbonyl (C=O) groups is 2. The van der Waals surface area contributed by atoms with Gasteiger partial charge in [0, 0.05) is 16.1 Å². The van der Waals surface area contributed by atoms with Gasteiger partial charge >= 0.3 is 0 Å². The first-order chi connectivity index (χ1) is 12.9. The highest BCUT2D eigenvalue weighted by molar-refractivity contribution is 9.10. The zero-order chi connectivity index (χ0) is 19.4. The number of aryl methyl sites for hydroxylation is 1. The van der Waals surface area contributed by atoms with E-state index >= 15 is 0 Å². The van der Waals surface area contributed by atoms with Crippen LogP contribution in [-0.2, 0) is 4.79 Å². The topological polar surface area (TPSA) is 99.2 Å². The van der Waals surface area contributed by atoms with Gasteiger partial charge in [0.25, 0.3) is 5.91 Å². The van der Waals surface area contributed by atoms with E-state index in [0.717, 1.165) is 15.9 Å². The van der Waals surface area contributed by atoms with Crippen molar-refractivity contribution >= 4 is 33.6 Å². The second-order valence-corrected chi connectivity index (χ2v) is 6.70. The highest BCUT2D eigenvalue weighted by Gasteiger charge is 2.12. The maximum absolute atomic E-state index is 12.3. The van der Waals surface area contributed by atoms with Gasteiger partial charge in [-0.3, -0.25) is 9.59 Å². The summed E-state index contributed by atoms with van der Waals surface area (Å²) in [6.07, 6.45) is 0. The summed E-state index contributed by atoms with van der Waals surface area (Å²) in [5.41, 5.74) is 7.15. The summed E-state index contributed by atoms with van der Waals surface area (Å²) in [4.78, 5) is 23.3. The number of hydrogen-bond donors (Lipinski definition) is 2. The van der Waals surface area contributed by atoms with E-state index in [9.17, 15) is 9.59 Å². The molecule has 0 aliphatic carbocycles. The second kappa shape index (κ2) is 8.05. The molecule has 0 bridgehead atoms. The molecule has 138 valence electrons. The highest BCUT2D eigenvalue weighted by atomic mass is 79.9. The SMILES string of the molecule is Cc1cc(NC(=O)COc2ccc(C(N)=O)cc2)n(-c2cccc(Br)c2)n1. The standard InChI is InChI=1S/C19H17BrN4O3/c1-12-9-17(24(23-12)15-4-2-3-14(20)10-15)22-18(25)11-27-16-7-5-13(6-8-16)19(21)26/h2-10H,11H2,1H3,(H2,21,26)(H,22,25). The molecule has 0 aliphatic rings. The number of nitrogens with zero attached hydrogens (tertiary/aromatic N) is 2. The van der Waals surface area contributed by atoms with E-state index in [-0.39, 0.29) is 12.5 Å². The normalized spacial score (nSPS) is 10.4. The molecule has 8 heteroatoms. The summed E-state index contributed by atoms with van der Waals surface area (Å²) in [7, 11) is 0. The molecule has 0 saturated heterocycles. The van der Waals surface area contributed by atoms with Crippen LogP contribution in [0.2, 0.25) is 0 Å². The van der Waals surface area contributed by atoms with Crippen LogP contribution in [0.1, 0.15) is 16.1 Å². The van der Waals surface area contributed by atoms with Gasteiger partial charge in [0.2, 0.25) is 5.91 Å². The van der Waals surface area contributed by atoms with Crippen LogP contribution < -0.4 is 15.8 Å². The number of anilines is 1. The fourth-order valence-corrected chi connectivity index (χ4v) is 2.82. The van der Waals surface area contributed by atoms with Gasteiger partial charge in [-0.05, 0) is 49.4 Å². The number of aromatic nitrogens is 2. The molecule has 3 aromatic rings. The molecule has 0 spiro atoms. The molecule has 3 N–H and O–H groups in total. The van der Waals surface area contributed by atoms with Crippen molar-refractivity contribution in [1.29, 1.82) is 0 Å². The number of amides is 2. The quantitative estimate of drug-likeness (QED) is 0.629. The molecule has 3 rings (SSSR count). The van der Waals surface area contributed by atoms with Crippen molar-refractivity contribution in [1.82, 2.24) is 9.78 Å². The van der Waals surface area contributed by atoms with Crippen molar-refractivity contribution in [3.05, 3.63) is 70.3 Å². The number of nitrogens with two attached hydrogens (primary N) is 1. The third-order valence-electron chi connectivity index (χ3n) is 3.66. The summed E-state index contributed by atoms with van der Waals surface area (Å²) in [5.74, 6) is 0.163. The first kappa shape index (κ1) is 18.7. The Morgan fingerprint density at radius 1 is 1.19 bits per heavy atom. The van der Waals surface area contributed by atoms with Gasteiger partial charge in [0.1, 0.15) is 11.6 Å². The Labute approximate surface area is 164 Å². The van der Waals surface area contributed by atoms with Gasteiger partial charge < -0.3 is 15.8 Å². The summed E-state index contributed by atoms with van der Waals surface area (Å²) < 4.78 is 8.01. The Hall–Kier alpha value is -3.13. The van der Waals surface area contributed by atoms with Gasteiger partial charge in [-0.2, -0.15) is 5.10 Å². The molecule has 0 unspecified atom stereocenters. The van der Waals surface area contributed by atoms with Crippen LogP contribution in [0.15, 0.2) is 59.1 Å². The molecular formula is C19H17BrN4O3. The predicted molar refractivity (Wildman–Crippen MR) is 105 cm³/mol. The lowest BCUT2D eigenvalue weighted by Gasteiger charge is -2.10. The van der Waals surface area contributed by atoms with Crippen molar-refractivity contribution in [2.75, 3.05) is 11.9 Å². The van der Waals surface area contributed by atoms with Crippen molar-refractivity contribution in [3.63, 3.8) is 0 Å². The number of nitrogens with one attached hydrogen (secondary N) is 1. The summed E-state index contributed by atoms with van der Waals surface area (Å²) >= 11 is 3.43. The third-order valence-corrected chi connectivity index (χ3v) is 4.15. The van der Waals surface area contributed by atoms with E-state index in [2.05, 4.69) is 26.3 Å². The predicted octanol–water partition coefficient (Wildman–Crippen LogP) is 3.06. The van der Waals surface area contributed by atoms with E-state index < -0.39 is 5.91 Å². The minimum Gasteiger partial charge on any atom is -0.484 e. The van der Waals surface area contributed by atoms with Crippen molar-refractivity contribution in [2.45, 2.75) is 6.92 Å². The monoisotopic (exact) mass is 428 g/mol. The van der Waals surface area contributed by atoms with E-state index in [1.807, 2.05) is 31.2 Å². The number of rotatable bonds is 6. The smallest absolute Gasteiger partial charge is 0.263 e. The molecule has 0 saturated carbocycles.